The molecule has 2 aromatic rings. The van der Waals surface area contributed by atoms with Crippen molar-refractivity contribution < 1.29 is 5.11 Å². The molecule has 4 unspecified atom stereocenters. The van der Waals surface area contributed by atoms with Crippen molar-refractivity contribution in [2.24, 2.45) is 11.8 Å². The van der Waals surface area contributed by atoms with Gasteiger partial charge < -0.3 is 10.1 Å². The minimum absolute atomic E-state index is 0.173. The molecule has 2 saturated carbocycles. The van der Waals surface area contributed by atoms with E-state index in [2.05, 4.69) is 4.98 Å². The van der Waals surface area contributed by atoms with E-state index in [4.69, 9.17) is 4.98 Å². The summed E-state index contributed by atoms with van der Waals surface area (Å²) in [7, 11) is 0. The highest BCUT2D eigenvalue weighted by molar-refractivity contribution is 5.70. The van der Waals surface area contributed by atoms with Crippen LogP contribution in [-0.4, -0.2) is 30.3 Å². The van der Waals surface area contributed by atoms with Crippen LogP contribution >= 0.6 is 0 Å². The van der Waals surface area contributed by atoms with Crippen LogP contribution in [0.1, 0.15) is 57.7 Å². The van der Waals surface area contributed by atoms with Gasteiger partial charge in [0, 0.05) is 19.0 Å². The summed E-state index contributed by atoms with van der Waals surface area (Å²) in [5.74, 6) is 1.58. The van der Waals surface area contributed by atoms with Gasteiger partial charge in [0.25, 0.3) is 5.56 Å². The van der Waals surface area contributed by atoms with E-state index < -0.39 is 0 Å². The summed E-state index contributed by atoms with van der Waals surface area (Å²) in [6, 6.07) is 0. The molecule has 2 heterocycles. The number of nitrogens with zero attached hydrogens (tertiary/aromatic N) is 3. The molecular weight excluding hydrogens is 320 g/mol. The Hall–Kier alpha value is -1.89. The van der Waals surface area contributed by atoms with Crippen LogP contribution in [0.2, 0.25) is 0 Å². The number of fused-ring (bicyclic) bond motifs is 3. The first-order chi connectivity index (χ1) is 12.1. The molecule has 2 aliphatic rings. The lowest BCUT2D eigenvalue weighted by Crippen LogP contribution is -2.40. The van der Waals surface area contributed by atoms with E-state index in [0.29, 0.717) is 30.2 Å². The first kappa shape index (κ1) is 16.6. The SMILES string of the molecule is CCCn1c(=O)c2[nH]c(C3C4CCC3C(O)C4)nc2n(CCC)c1=O. The summed E-state index contributed by atoms with van der Waals surface area (Å²) in [5, 5.41) is 10.2. The molecule has 7 nitrogen and oxygen atoms in total. The molecule has 25 heavy (non-hydrogen) atoms. The van der Waals surface area contributed by atoms with Gasteiger partial charge in [-0.2, -0.15) is 0 Å². The third kappa shape index (κ3) is 2.39. The van der Waals surface area contributed by atoms with Gasteiger partial charge in [0.05, 0.1) is 6.10 Å². The molecule has 0 spiro atoms. The Morgan fingerprint density at radius 3 is 2.48 bits per heavy atom. The minimum Gasteiger partial charge on any atom is -0.393 e. The molecule has 2 aliphatic carbocycles. The first-order valence-corrected chi connectivity index (χ1v) is 9.48. The highest BCUT2D eigenvalue weighted by atomic mass is 16.3. The monoisotopic (exact) mass is 346 g/mol. The molecule has 0 aliphatic heterocycles. The number of aromatic amines is 1. The average Bonchev–Trinajstić information content (AvgIpc) is 3.26. The Bertz CT molecular complexity index is 909. The molecule has 2 N–H and O–H groups in total. The minimum atomic E-state index is -0.279. The number of hydrogen-bond donors (Lipinski definition) is 2. The third-order valence-electron chi connectivity index (χ3n) is 5.97. The van der Waals surface area contributed by atoms with Crippen molar-refractivity contribution in [3.05, 3.63) is 26.7 Å². The Morgan fingerprint density at radius 1 is 1.16 bits per heavy atom. The number of hydrogen-bond acceptors (Lipinski definition) is 4. The van der Waals surface area contributed by atoms with Crippen molar-refractivity contribution in [3.8, 4) is 0 Å². The van der Waals surface area contributed by atoms with Crippen LogP contribution in [0, 0.1) is 11.8 Å². The van der Waals surface area contributed by atoms with Crippen molar-refractivity contribution in [2.75, 3.05) is 0 Å². The summed E-state index contributed by atoms with van der Waals surface area (Å²) in [5.41, 5.74) is 0.352. The van der Waals surface area contributed by atoms with Gasteiger partial charge >= 0.3 is 5.69 Å². The summed E-state index contributed by atoms with van der Waals surface area (Å²) in [4.78, 5) is 33.5. The van der Waals surface area contributed by atoms with Crippen molar-refractivity contribution in [2.45, 2.75) is 71.1 Å². The number of aliphatic hydroxyl groups excluding tert-OH is 1. The molecule has 0 aromatic carbocycles. The van der Waals surface area contributed by atoms with E-state index in [1.807, 2.05) is 13.8 Å². The van der Waals surface area contributed by atoms with E-state index in [0.717, 1.165) is 37.9 Å². The van der Waals surface area contributed by atoms with E-state index in [9.17, 15) is 14.7 Å². The Labute approximate surface area is 145 Å². The normalized spacial score (nSPS) is 28.3. The quantitative estimate of drug-likeness (QED) is 0.860. The topological polar surface area (TPSA) is 92.9 Å². The van der Waals surface area contributed by atoms with Crippen molar-refractivity contribution in [1.82, 2.24) is 19.1 Å². The van der Waals surface area contributed by atoms with Gasteiger partial charge in [-0.1, -0.05) is 13.8 Å². The average molecular weight is 346 g/mol. The van der Waals surface area contributed by atoms with E-state index in [1.165, 1.54) is 4.57 Å². The predicted octanol–water partition coefficient (Wildman–Crippen LogP) is 1.58. The van der Waals surface area contributed by atoms with Crippen LogP contribution in [0.25, 0.3) is 11.2 Å². The van der Waals surface area contributed by atoms with Crippen LogP contribution in [0.4, 0.5) is 0 Å². The number of aromatic nitrogens is 4. The van der Waals surface area contributed by atoms with Crippen LogP contribution in [0.5, 0.6) is 0 Å². The van der Waals surface area contributed by atoms with Crippen molar-refractivity contribution >= 4 is 11.2 Å². The van der Waals surface area contributed by atoms with Crippen molar-refractivity contribution in [3.63, 3.8) is 0 Å². The molecule has 0 radical (unpaired) electrons. The summed E-state index contributed by atoms with van der Waals surface area (Å²) >= 11 is 0. The summed E-state index contributed by atoms with van der Waals surface area (Å²) in [6.07, 6.45) is 4.18. The third-order valence-corrected chi connectivity index (χ3v) is 5.97. The zero-order valence-corrected chi connectivity index (χ0v) is 14.9. The molecule has 2 bridgehead atoms. The first-order valence-electron chi connectivity index (χ1n) is 9.48. The fourth-order valence-corrected chi connectivity index (χ4v) is 4.91. The number of rotatable bonds is 5. The van der Waals surface area contributed by atoms with E-state index >= 15 is 0 Å². The van der Waals surface area contributed by atoms with Gasteiger partial charge in [-0.15, -0.1) is 0 Å². The molecule has 4 rings (SSSR count). The van der Waals surface area contributed by atoms with Gasteiger partial charge in [0.2, 0.25) is 0 Å². The molecular formula is C18H26N4O3. The van der Waals surface area contributed by atoms with Crippen LogP contribution < -0.4 is 11.2 Å². The number of nitrogens with one attached hydrogen (secondary N) is 1. The van der Waals surface area contributed by atoms with Crippen LogP contribution in [0.15, 0.2) is 9.59 Å². The van der Waals surface area contributed by atoms with E-state index in [-0.39, 0.29) is 29.2 Å². The fraction of sp³-hybridized carbons (Fsp3) is 0.722. The standard InChI is InChI=1S/C18H26N4O3/c1-3-7-21-16-14(17(24)22(8-4-2)18(21)25)19-15(20-16)13-10-5-6-11(13)12(23)9-10/h10-13,23H,3-9H2,1-2H3,(H,19,20). The highest BCUT2D eigenvalue weighted by Crippen LogP contribution is 2.53. The number of imidazole rings is 1. The molecule has 4 atom stereocenters. The van der Waals surface area contributed by atoms with E-state index in [1.54, 1.807) is 4.57 Å². The predicted molar refractivity (Wildman–Crippen MR) is 94.8 cm³/mol. The van der Waals surface area contributed by atoms with Gasteiger partial charge in [-0.05, 0) is 43.9 Å². The Kier molecular flexibility index (Phi) is 4.06. The second-order valence-corrected chi connectivity index (χ2v) is 7.54. The number of aryl methyl sites for hydroxylation is 1. The fourth-order valence-electron chi connectivity index (χ4n) is 4.91. The lowest BCUT2D eigenvalue weighted by Gasteiger charge is -2.15. The zero-order chi connectivity index (χ0) is 17.7. The molecule has 0 amide bonds. The number of aliphatic hydroxyl groups is 1. The second-order valence-electron chi connectivity index (χ2n) is 7.54. The largest absolute Gasteiger partial charge is 0.393 e. The van der Waals surface area contributed by atoms with Gasteiger partial charge in [0.1, 0.15) is 11.3 Å². The molecule has 7 heteroatoms. The maximum Gasteiger partial charge on any atom is 0.332 e. The molecule has 0 saturated heterocycles. The van der Waals surface area contributed by atoms with Crippen molar-refractivity contribution in [1.29, 1.82) is 0 Å². The number of H-pyrrole nitrogens is 1. The second kappa shape index (κ2) is 6.12. The lowest BCUT2D eigenvalue weighted by atomic mass is 9.96. The summed E-state index contributed by atoms with van der Waals surface area (Å²) < 4.78 is 2.94. The van der Waals surface area contributed by atoms with Gasteiger partial charge in [0.15, 0.2) is 5.65 Å². The maximum atomic E-state index is 12.8. The van der Waals surface area contributed by atoms with Gasteiger partial charge in [-0.3, -0.25) is 13.9 Å². The van der Waals surface area contributed by atoms with Crippen LogP contribution in [0.3, 0.4) is 0 Å². The maximum absolute atomic E-state index is 12.8. The smallest absolute Gasteiger partial charge is 0.332 e. The molecule has 2 fully saturated rings. The Balaban J connectivity index is 1.90. The molecule has 2 aromatic heterocycles. The molecule has 136 valence electrons. The van der Waals surface area contributed by atoms with Crippen LogP contribution in [-0.2, 0) is 13.1 Å². The lowest BCUT2D eigenvalue weighted by molar-refractivity contribution is 0.111. The van der Waals surface area contributed by atoms with Gasteiger partial charge in [-0.25, -0.2) is 9.78 Å². The zero-order valence-electron chi connectivity index (χ0n) is 14.9. The highest BCUT2D eigenvalue weighted by Gasteiger charge is 2.49. The summed E-state index contributed by atoms with van der Waals surface area (Å²) in [6.45, 7) is 4.92. The Morgan fingerprint density at radius 2 is 1.88 bits per heavy atom.